The summed E-state index contributed by atoms with van der Waals surface area (Å²) in [7, 11) is 0. The number of hydrogen-bond donors (Lipinski definition) is 1. The van der Waals surface area contributed by atoms with Crippen molar-refractivity contribution in [2.24, 2.45) is 5.92 Å². The van der Waals surface area contributed by atoms with Crippen LogP contribution in [0.3, 0.4) is 0 Å². The van der Waals surface area contributed by atoms with E-state index in [0.29, 0.717) is 6.04 Å². The minimum absolute atomic E-state index is 0.407. The van der Waals surface area contributed by atoms with E-state index < -0.39 is 0 Å². The van der Waals surface area contributed by atoms with E-state index in [1.165, 1.54) is 32.1 Å². The lowest BCUT2D eigenvalue weighted by atomic mass is 10.0. The highest BCUT2D eigenvalue weighted by molar-refractivity contribution is 7.71. The third-order valence-corrected chi connectivity index (χ3v) is 3.83. The van der Waals surface area contributed by atoms with Crippen LogP contribution in [0.1, 0.15) is 57.8 Å². The maximum atomic E-state index is 5.24. The number of rotatable bonds is 4. The van der Waals surface area contributed by atoms with Crippen molar-refractivity contribution in [1.29, 1.82) is 0 Å². The van der Waals surface area contributed by atoms with Crippen LogP contribution in [0.15, 0.2) is 0 Å². The van der Waals surface area contributed by atoms with Crippen LogP contribution < -0.4 is 0 Å². The summed E-state index contributed by atoms with van der Waals surface area (Å²) in [5.41, 5.74) is 0. The molecule has 2 rings (SSSR count). The Labute approximate surface area is 102 Å². The van der Waals surface area contributed by atoms with Crippen LogP contribution in [0.5, 0.6) is 0 Å². The normalized spacial score (nSPS) is 17.4. The Morgan fingerprint density at radius 3 is 2.75 bits per heavy atom. The summed E-state index contributed by atoms with van der Waals surface area (Å²) in [6.45, 7) is 4.31. The van der Waals surface area contributed by atoms with Gasteiger partial charge in [-0.2, -0.15) is 5.10 Å². The Hall–Kier alpha value is -0.640. The molecule has 16 heavy (non-hydrogen) atoms. The van der Waals surface area contributed by atoms with Gasteiger partial charge in [-0.15, -0.1) is 0 Å². The molecule has 0 unspecified atom stereocenters. The van der Waals surface area contributed by atoms with Crippen molar-refractivity contribution in [2.45, 2.75) is 58.4 Å². The molecule has 0 spiro atoms. The van der Waals surface area contributed by atoms with Gasteiger partial charge in [-0.3, -0.25) is 5.10 Å². The van der Waals surface area contributed by atoms with Crippen molar-refractivity contribution in [2.75, 3.05) is 0 Å². The predicted octanol–water partition coefficient (Wildman–Crippen LogP) is 3.64. The minimum atomic E-state index is 0.407. The second kappa shape index (κ2) is 5.13. The number of nitrogens with zero attached hydrogens (tertiary/aromatic N) is 2. The first-order valence-electron chi connectivity index (χ1n) is 6.34. The molecule has 0 bridgehead atoms. The fourth-order valence-corrected chi connectivity index (χ4v) is 3.04. The molecule has 90 valence electrons. The summed E-state index contributed by atoms with van der Waals surface area (Å²) < 4.78 is 2.90. The highest BCUT2D eigenvalue weighted by Crippen LogP contribution is 2.28. The van der Waals surface area contributed by atoms with Crippen LogP contribution in [0.25, 0.3) is 0 Å². The summed E-state index contributed by atoms with van der Waals surface area (Å²) in [6.07, 6.45) is 7.99. The van der Waals surface area contributed by atoms with Crippen LogP contribution in [0, 0.1) is 10.7 Å². The molecule has 1 N–H and O–H groups in total. The topological polar surface area (TPSA) is 33.6 Å². The number of nitrogens with one attached hydrogen (secondary N) is 1. The van der Waals surface area contributed by atoms with Gasteiger partial charge in [-0.1, -0.05) is 25.7 Å². The standard InChI is InChI=1S/C12H21N3S/c1-9(2)15-11(13-14-12(15)16)8-7-10-5-3-4-6-10/h9-10H,3-8H2,1-2H3,(H,14,16). The van der Waals surface area contributed by atoms with Gasteiger partial charge < -0.3 is 4.57 Å². The maximum absolute atomic E-state index is 5.24. The maximum Gasteiger partial charge on any atom is 0.195 e. The molecule has 0 aliphatic heterocycles. The molecule has 0 atom stereocenters. The zero-order chi connectivity index (χ0) is 11.5. The lowest BCUT2D eigenvalue weighted by molar-refractivity contribution is 0.477. The van der Waals surface area contributed by atoms with Gasteiger partial charge in [0.2, 0.25) is 0 Å². The fraction of sp³-hybridized carbons (Fsp3) is 0.833. The fourth-order valence-electron chi connectivity index (χ4n) is 2.68. The van der Waals surface area contributed by atoms with E-state index in [4.69, 9.17) is 12.2 Å². The lowest BCUT2D eigenvalue weighted by Gasteiger charge is -2.12. The number of aryl methyl sites for hydroxylation is 1. The first-order chi connectivity index (χ1) is 7.68. The Morgan fingerprint density at radius 1 is 1.44 bits per heavy atom. The van der Waals surface area contributed by atoms with Crippen molar-refractivity contribution >= 4 is 12.2 Å². The largest absolute Gasteiger partial charge is 0.302 e. The van der Waals surface area contributed by atoms with Crippen molar-refractivity contribution < 1.29 is 0 Å². The average Bonchev–Trinajstić information content (AvgIpc) is 2.83. The summed E-state index contributed by atoms with van der Waals surface area (Å²) in [5.74, 6) is 2.05. The molecule has 1 aliphatic rings. The van der Waals surface area contributed by atoms with E-state index in [2.05, 4.69) is 28.6 Å². The van der Waals surface area contributed by atoms with Crippen LogP contribution in [-0.4, -0.2) is 14.8 Å². The molecule has 1 heterocycles. The zero-order valence-corrected chi connectivity index (χ0v) is 11.0. The van der Waals surface area contributed by atoms with Crippen molar-refractivity contribution in [1.82, 2.24) is 14.8 Å². The third-order valence-electron chi connectivity index (χ3n) is 3.54. The summed E-state index contributed by atoms with van der Waals surface area (Å²) in [4.78, 5) is 0. The molecule has 1 fully saturated rings. The smallest absolute Gasteiger partial charge is 0.195 e. The first kappa shape index (κ1) is 11.8. The molecule has 4 heteroatoms. The Kier molecular flexibility index (Phi) is 3.79. The van der Waals surface area contributed by atoms with Gasteiger partial charge >= 0.3 is 0 Å². The van der Waals surface area contributed by atoms with Crippen LogP contribution in [0.4, 0.5) is 0 Å². The molecule has 1 saturated carbocycles. The molecule has 3 nitrogen and oxygen atoms in total. The van der Waals surface area contributed by atoms with E-state index >= 15 is 0 Å². The van der Waals surface area contributed by atoms with Gasteiger partial charge in [0, 0.05) is 12.5 Å². The third kappa shape index (κ3) is 2.54. The van der Waals surface area contributed by atoms with Gasteiger partial charge in [-0.05, 0) is 38.4 Å². The van der Waals surface area contributed by atoms with Gasteiger partial charge in [0.15, 0.2) is 4.77 Å². The SMILES string of the molecule is CC(C)n1c(CCC2CCCC2)n[nH]c1=S. The lowest BCUT2D eigenvalue weighted by Crippen LogP contribution is -2.08. The molecular weight excluding hydrogens is 218 g/mol. The summed E-state index contributed by atoms with van der Waals surface area (Å²) >= 11 is 5.24. The Balaban J connectivity index is 2.00. The molecule has 0 aromatic carbocycles. The monoisotopic (exact) mass is 239 g/mol. The quantitative estimate of drug-likeness (QED) is 0.814. The second-order valence-corrected chi connectivity index (χ2v) is 5.48. The summed E-state index contributed by atoms with van der Waals surface area (Å²) in [5, 5.41) is 7.25. The molecular formula is C12H21N3S. The highest BCUT2D eigenvalue weighted by Gasteiger charge is 2.16. The van der Waals surface area contributed by atoms with Gasteiger partial charge in [0.25, 0.3) is 0 Å². The van der Waals surface area contributed by atoms with Crippen molar-refractivity contribution in [3.63, 3.8) is 0 Å². The number of H-pyrrole nitrogens is 1. The molecule has 1 aromatic rings. The Bertz CT molecular complexity index is 385. The van der Waals surface area contributed by atoms with E-state index in [0.717, 1.165) is 22.9 Å². The van der Waals surface area contributed by atoms with Crippen molar-refractivity contribution in [3.05, 3.63) is 10.6 Å². The minimum Gasteiger partial charge on any atom is -0.302 e. The Morgan fingerprint density at radius 2 is 2.12 bits per heavy atom. The predicted molar refractivity (Wildman–Crippen MR) is 68.1 cm³/mol. The van der Waals surface area contributed by atoms with Crippen LogP contribution in [-0.2, 0) is 6.42 Å². The molecule has 1 aromatic heterocycles. The number of hydrogen-bond acceptors (Lipinski definition) is 2. The van der Waals surface area contributed by atoms with Gasteiger partial charge in [0.05, 0.1) is 0 Å². The van der Waals surface area contributed by atoms with Gasteiger partial charge in [0.1, 0.15) is 5.82 Å². The average molecular weight is 239 g/mol. The zero-order valence-electron chi connectivity index (χ0n) is 10.2. The number of aromatic amines is 1. The highest BCUT2D eigenvalue weighted by atomic mass is 32.1. The second-order valence-electron chi connectivity index (χ2n) is 5.10. The van der Waals surface area contributed by atoms with Crippen LogP contribution >= 0.6 is 12.2 Å². The van der Waals surface area contributed by atoms with Crippen molar-refractivity contribution in [3.8, 4) is 0 Å². The van der Waals surface area contributed by atoms with Gasteiger partial charge in [-0.25, -0.2) is 0 Å². The molecule has 0 radical (unpaired) electrons. The summed E-state index contributed by atoms with van der Waals surface area (Å²) in [6, 6.07) is 0.407. The first-order valence-corrected chi connectivity index (χ1v) is 6.75. The molecule has 0 amide bonds. The van der Waals surface area contributed by atoms with Crippen LogP contribution in [0.2, 0.25) is 0 Å². The van der Waals surface area contributed by atoms with E-state index in [1.54, 1.807) is 0 Å². The van der Waals surface area contributed by atoms with E-state index in [1.807, 2.05) is 0 Å². The molecule has 0 saturated heterocycles. The molecule has 1 aliphatic carbocycles. The van der Waals surface area contributed by atoms with E-state index in [-0.39, 0.29) is 0 Å². The van der Waals surface area contributed by atoms with E-state index in [9.17, 15) is 0 Å². The number of aromatic nitrogens is 3.